The van der Waals surface area contributed by atoms with Gasteiger partial charge in [-0.25, -0.2) is 0 Å². The Morgan fingerprint density at radius 1 is 1.14 bits per heavy atom. The minimum absolute atomic E-state index is 0.134. The van der Waals surface area contributed by atoms with E-state index in [4.69, 9.17) is 5.73 Å². The molecule has 2 fully saturated rings. The van der Waals surface area contributed by atoms with Gasteiger partial charge in [-0.2, -0.15) is 0 Å². The van der Waals surface area contributed by atoms with Crippen LogP contribution >= 0.6 is 0 Å². The summed E-state index contributed by atoms with van der Waals surface area (Å²) in [6, 6.07) is 4.10. The molecule has 2 amide bonds. The predicted molar refractivity (Wildman–Crippen MR) is 111 cm³/mol. The van der Waals surface area contributed by atoms with E-state index in [2.05, 4.69) is 20.5 Å². The molecule has 7 heteroatoms. The monoisotopic (exact) mass is 395 g/mol. The van der Waals surface area contributed by atoms with Gasteiger partial charge in [-0.05, 0) is 50.3 Å². The van der Waals surface area contributed by atoms with Gasteiger partial charge in [0.15, 0.2) is 0 Å². The summed E-state index contributed by atoms with van der Waals surface area (Å²) in [6.45, 7) is 1.98. The molecule has 154 valence electrons. The molecule has 4 rings (SSSR count). The molecular weight excluding hydrogens is 366 g/mol. The summed E-state index contributed by atoms with van der Waals surface area (Å²) in [6.07, 6.45) is 13.1. The number of carbonyl (C=O) groups excluding carboxylic acids is 2. The zero-order valence-corrected chi connectivity index (χ0v) is 16.7. The summed E-state index contributed by atoms with van der Waals surface area (Å²) < 4.78 is 0. The fourth-order valence-electron chi connectivity index (χ4n) is 4.43. The lowest BCUT2D eigenvalue weighted by Crippen LogP contribution is -2.39. The first-order chi connectivity index (χ1) is 14.1. The smallest absolute Gasteiger partial charge is 0.274 e. The highest BCUT2D eigenvalue weighted by Crippen LogP contribution is 2.26. The van der Waals surface area contributed by atoms with E-state index in [1.807, 2.05) is 12.2 Å². The Bertz CT molecular complexity index is 824. The lowest BCUT2D eigenvalue weighted by molar-refractivity contribution is 0.0930. The molecule has 1 aromatic heterocycles. The summed E-state index contributed by atoms with van der Waals surface area (Å²) in [7, 11) is 0. The largest absolute Gasteiger partial charge is 0.400 e. The highest BCUT2D eigenvalue weighted by Gasteiger charge is 2.30. The van der Waals surface area contributed by atoms with Crippen LogP contribution in [0.4, 0.5) is 0 Å². The Kier molecular flexibility index (Phi) is 5.94. The molecule has 2 aliphatic carbocycles. The standard InChI is InChI=1S/C22H29N5O2/c23-18-7-3-4-8-19(18)26-22(29)20-10-9-15(13-24-20)21(28)25-16-11-12-27(14-16)17-5-1-2-6-17/h4,8-10,13,16-17H,1-3,5-7,11-12,14,23H2,(H,25,28)(H,26,29). The third kappa shape index (κ3) is 4.67. The van der Waals surface area contributed by atoms with E-state index >= 15 is 0 Å². The van der Waals surface area contributed by atoms with E-state index in [9.17, 15) is 9.59 Å². The van der Waals surface area contributed by atoms with Crippen molar-refractivity contribution in [2.75, 3.05) is 13.1 Å². The quantitative estimate of drug-likeness (QED) is 0.709. The second-order valence-electron chi connectivity index (χ2n) is 8.16. The van der Waals surface area contributed by atoms with E-state index in [0.717, 1.165) is 32.4 Å². The zero-order valence-electron chi connectivity index (χ0n) is 16.7. The van der Waals surface area contributed by atoms with E-state index in [-0.39, 0.29) is 23.6 Å². The van der Waals surface area contributed by atoms with Crippen LogP contribution in [0, 0.1) is 0 Å². The fourth-order valence-corrected chi connectivity index (χ4v) is 4.43. The Hall–Kier alpha value is -2.67. The van der Waals surface area contributed by atoms with Gasteiger partial charge in [0, 0.05) is 37.1 Å². The first-order valence-electron chi connectivity index (χ1n) is 10.6. The average molecular weight is 396 g/mol. The second kappa shape index (κ2) is 8.78. The number of nitrogens with zero attached hydrogens (tertiary/aromatic N) is 2. The number of rotatable bonds is 5. The highest BCUT2D eigenvalue weighted by atomic mass is 16.2. The number of allylic oxidation sites excluding steroid dienone is 3. The molecule has 1 unspecified atom stereocenters. The van der Waals surface area contributed by atoms with Crippen molar-refractivity contribution < 1.29 is 9.59 Å². The molecule has 0 spiro atoms. The molecule has 29 heavy (non-hydrogen) atoms. The summed E-state index contributed by atoms with van der Waals surface area (Å²) in [5, 5.41) is 5.90. The molecular formula is C22H29N5O2. The molecule has 1 aliphatic heterocycles. The van der Waals surface area contributed by atoms with E-state index in [0.29, 0.717) is 23.0 Å². The molecule has 2 heterocycles. The number of aromatic nitrogens is 1. The topological polar surface area (TPSA) is 100 Å². The Morgan fingerprint density at radius 3 is 2.69 bits per heavy atom. The molecule has 7 nitrogen and oxygen atoms in total. The number of nitrogens with two attached hydrogens (primary N) is 1. The van der Waals surface area contributed by atoms with Gasteiger partial charge < -0.3 is 16.4 Å². The van der Waals surface area contributed by atoms with Crippen molar-refractivity contribution in [3.05, 3.63) is 53.1 Å². The van der Waals surface area contributed by atoms with Crippen LogP contribution in [0.15, 0.2) is 41.9 Å². The Balaban J connectivity index is 1.31. The van der Waals surface area contributed by atoms with E-state index in [1.165, 1.54) is 31.9 Å². The molecule has 4 N–H and O–H groups in total. The van der Waals surface area contributed by atoms with Crippen LogP contribution in [0.1, 0.15) is 65.8 Å². The minimum Gasteiger partial charge on any atom is -0.400 e. The predicted octanol–water partition coefficient (Wildman–Crippen LogP) is 2.08. The average Bonchev–Trinajstić information content (AvgIpc) is 3.41. The highest BCUT2D eigenvalue weighted by molar-refractivity contribution is 5.97. The van der Waals surface area contributed by atoms with E-state index < -0.39 is 0 Å². The summed E-state index contributed by atoms with van der Waals surface area (Å²) in [5.74, 6) is -0.464. The van der Waals surface area contributed by atoms with Crippen LogP contribution in [0.25, 0.3) is 0 Å². The van der Waals surface area contributed by atoms with Crippen LogP contribution in [-0.4, -0.2) is 46.9 Å². The summed E-state index contributed by atoms with van der Waals surface area (Å²) in [4.78, 5) is 31.6. The van der Waals surface area contributed by atoms with Crippen LogP contribution in [0.2, 0.25) is 0 Å². The van der Waals surface area contributed by atoms with Gasteiger partial charge in [0.2, 0.25) is 0 Å². The fraction of sp³-hybridized carbons (Fsp3) is 0.500. The summed E-state index contributed by atoms with van der Waals surface area (Å²) >= 11 is 0. The molecule has 0 bridgehead atoms. The minimum atomic E-state index is -0.329. The number of carbonyl (C=O) groups is 2. The molecule has 1 atom stereocenters. The molecule has 0 aromatic carbocycles. The lowest BCUT2D eigenvalue weighted by Gasteiger charge is -2.23. The van der Waals surface area contributed by atoms with Crippen LogP contribution < -0.4 is 16.4 Å². The maximum absolute atomic E-state index is 12.6. The van der Waals surface area contributed by atoms with Crippen molar-refractivity contribution >= 4 is 11.8 Å². The SMILES string of the molecule is NC1=C(NC(=O)c2ccc(C(=O)NC3CCN(C4CCCC4)C3)cn2)C=CCC1. The van der Waals surface area contributed by atoms with Crippen molar-refractivity contribution in [2.45, 2.75) is 57.0 Å². The van der Waals surface area contributed by atoms with Crippen molar-refractivity contribution in [3.8, 4) is 0 Å². The molecule has 3 aliphatic rings. The van der Waals surface area contributed by atoms with Crippen molar-refractivity contribution in [1.82, 2.24) is 20.5 Å². The van der Waals surface area contributed by atoms with Crippen LogP contribution in [0.5, 0.6) is 0 Å². The van der Waals surface area contributed by atoms with Gasteiger partial charge in [-0.1, -0.05) is 18.9 Å². The van der Waals surface area contributed by atoms with Crippen molar-refractivity contribution in [2.24, 2.45) is 5.73 Å². The number of amides is 2. The first kappa shape index (κ1) is 19.6. The van der Waals surface area contributed by atoms with Gasteiger partial charge in [0.25, 0.3) is 11.8 Å². The normalized spacial score (nSPS) is 22.8. The van der Waals surface area contributed by atoms with Gasteiger partial charge in [0.1, 0.15) is 5.69 Å². The van der Waals surface area contributed by atoms with Crippen molar-refractivity contribution in [3.63, 3.8) is 0 Å². The van der Waals surface area contributed by atoms with Gasteiger partial charge in [0.05, 0.1) is 11.3 Å². The number of hydrogen-bond acceptors (Lipinski definition) is 5. The number of pyridine rings is 1. The van der Waals surface area contributed by atoms with Crippen molar-refractivity contribution in [1.29, 1.82) is 0 Å². The number of hydrogen-bond donors (Lipinski definition) is 3. The molecule has 1 saturated heterocycles. The van der Waals surface area contributed by atoms with Crippen LogP contribution in [-0.2, 0) is 0 Å². The second-order valence-corrected chi connectivity index (χ2v) is 8.16. The number of likely N-dealkylation sites (tertiary alicyclic amines) is 1. The maximum Gasteiger partial charge on any atom is 0.274 e. The zero-order chi connectivity index (χ0) is 20.2. The molecule has 1 saturated carbocycles. The maximum atomic E-state index is 12.6. The lowest BCUT2D eigenvalue weighted by atomic mass is 10.1. The van der Waals surface area contributed by atoms with Gasteiger partial charge >= 0.3 is 0 Å². The third-order valence-electron chi connectivity index (χ3n) is 6.11. The first-order valence-corrected chi connectivity index (χ1v) is 10.6. The van der Waals surface area contributed by atoms with Gasteiger partial charge in [-0.3, -0.25) is 19.5 Å². The third-order valence-corrected chi connectivity index (χ3v) is 6.11. The molecule has 0 radical (unpaired) electrons. The van der Waals surface area contributed by atoms with Gasteiger partial charge in [-0.15, -0.1) is 0 Å². The Morgan fingerprint density at radius 2 is 1.97 bits per heavy atom. The summed E-state index contributed by atoms with van der Waals surface area (Å²) in [5.41, 5.74) is 7.95. The Labute approximate surface area is 171 Å². The van der Waals surface area contributed by atoms with Crippen LogP contribution in [0.3, 0.4) is 0 Å². The molecule has 1 aromatic rings. The number of nitrogens with one attached hydrogen (secondary N) is 2. The van der Waals surface area contributed by atoms with E-state index in [1.54, 1.807) is 12.1 Å².